The van der Waals surface area contributed by atoms with Crippen LogP contribution in [0.4, 0.5) is 0 Å². The summed E-state index contributed by atoms with van der Waals surface area (Å²) in [5.74, 6) is -0.507. The number of carbonyl (C=O) groups excluding carboxylic acids is 2. The molecule has 0 aromatic carbocycles. The molecule has 1 amide bonds. The third-order valence-electron chi connectivity index (χ3n) is 11.4. The van der Waals surface area contributed by atoms with E-state index in [4.69, 9.17) is 4.74 Å². The first-order valence-corrected chi connectivity index (χ1v) is 25.4. The molecule has 0 heterocycles. The molecule has 0 saturated carbocycles. The van der Waals surface area contributed by atoms with E-state index in [9.17, 15) is 19.8 Å². The second kappa shape index (κ2) is 46.9. The zero-order valence-electron chi connectivity index (χ0n) is 39.1. The Hall–Kier alpha value is -2.18. The van der Waals surface area contributed by atoms with Crippen LogP contribution in [0.1, 0.15) is 252 Å². The molecule has 3 N–H and O–H groups in total. The molecule has 0 aromatic heterocycles. The minimum atomic E-state index is -0.790. The van der Waals surface area contributed by atoms with Crippen LogP contribution in [0, 0.1) is 0 Å². The van der Waals surface area contributed by atoms with Gasteiger partial charge in [0.2, 0.25) is 5.91 Å². The number of hydrogen-bond acceptors (Lipinski definition) is 5. The van der Waals surface area contributed by atoms with Gasteiger partial charge in [-0.1, -0.05) is 217 Å². The summed E-state index contributed by atoms with van der Waals surface area (Å²) in [6.45, 7) is 6.43. The molecule has 0 radical (unpaired) electrons. The highest BCUT2D eigenvalue weighted by Crippen LogP contribution is 2.18. The van der Waals surface area contributed by atoms with E-state index in [2.05, 4.69) is 74.7 Å². The monoisotopic (exact) mass is 828 g/mol. The van der Waals surface area contributed by atoms with Crippen molar-refractivity contribution in [2.45, 2.75) is 270 Å². The Morgan fingerprint density at radius 1 is 0.492 bits per heavy atom. The number of esters is 1. The largest absolute Gasteiger partial charge is 0.462 e. The fourth-order valence-corrected chi connectivity index (χ4v) is 7.53. The van der Waals surface area contributed by atoms with Crippen LogP contribution in [0.3, 0.4) is 0 Å². The number of allylic oxidation sites excluding steroid dienone is 8. The Bertz CT molecular complexity index is 1020. The molecule has 3 unspecified atom stereocenters. The van der Waals surface area contributed by atoms with Gasteiger partial charge in [0.15, 0.2) is 0 Å². The van der Waals surface area contributed by atoms with Crippen LogP contribution in [0.5, 0.6) is 0 Å². The number of aliphatic hydroxyl groups is 2. The van der Waals surface area contributed by atoms with E-state index < -0.39 is 18.2 Å². The van der Waals surface area contributed by atoms with Crippen LogP contribution in [-0.2, 0) is 14.3 Å². The number of hydrogen-bond donors (Lipinski definition) is 3. The third-order valence-corrected chi connectivity index (χ3v) is 11.4. The van der Waals surface area contributed by atoms with Gasteiger partial charge in [0.25, 0.3) is 0 Å². The van der Waals surface area contributed by atoms with E-state index in [1.165, 1.54) is 122 Å². The summed E-state index contributed by atoms with van der Waals surface area (Å²) >= 11 is 0. The van der Waals surface area contributed by atoms with Crippen LogP contribution < -0.4 is 5.32 Å². The molecule has 0 spiro atoms. The molecule has 59 heavy (non-hydrogen) atoms. The minimum absolute atomic E-state index is 0.0661. The molecular weight excluding hydrogens is 731 g/mol. The highest BCUT2D eigenvalue weighted by atomic mass is 16.5. The molecule has 0 aliphatic carbocycles. The molecule has 0 saturated heterocycles. The van der Waals surface area contributed by atoms with Gasteiger partial charge in [-0.2, -0.15) is 0 Å². The van der Waals surface area contributed by atoms with Crippen molar-refractivity contribution in [1.82, 2.24) is 5.32 Å². The normalized spacial score (nSPS) is 13.6. The van der Waals surface area contributed by atoms with Crippen LogP contribution in [0.25, 0.3) is 0 Å². The van der Waals surface area contributed by atoms with E-state index in [-0.39, 0.29) is 24.9 Å². The van der Waals surface area contributed by atoms with Gasteiger partial charge >= 0.3 is 5.97 Å². The lowest BCUT2D eigenvalue weighted by molar-refractivity contribution is -0.151. The molecule has 3 atom stereocenters. The quantitative estimate of drug-likeness (QED) is 0.0323. The molecule has 0 rings (SSSR count). The lowest BCUT2D eigenvalue weighted by Gasteiger charge is -2.24. The smallest absolute Gasteiger partial charge is 0.306 e. The van der Waals surface area contributed by atoms with Crippen molar-refractivity contribution in [2.24, 2.45) is 0 Å². The molecule has 344 valence electrons. The zero-order valence-corrected chi connectivity index (χ0v) is 39.1. The van der Waals surface area contributed by atoms with Gasteiger partial charge in [-0.25, -0.2) is 0 Å². The van der Waals surface area contributed by atoms with E-state index in [1.807, 2.05) is 0 Å². The molecule has 0 aromatic rings. The Kier molecular flexibility index (Phi) is 45.1. The van der Waals surface area contributed by atoms with Gasteiger partial charge in [-0.05, 0) is 70.6 Å². The molecule has 0 aliphatic rings. The Labute approximate surface area is 366 Å². The second-order valence-corrected chi connectivity index (χ2v) is 17.2. The van der Waals surface area contributed by atoms with Crippen molar-refractivity contribution in [3.05, 3.63) is 48.6 Å². The molecule has 6 nitrogen and oxygen atoms in total. The van der Waals surface area contributed by atoms with E-state index in [1.54, 1.807) is 0 Å². The highest BCUT2D eigenvalue weighted by Gasteiger charge is 2.24. The summed E-state index contributed by atoms with van der Waals surface area (Å²) in [7, 11) is 0. The maximum absolute atomic E-state index is 13.1. The maximum atomic E-state index is 13.1. The molecule has 0 fully saturated rings. The fourth-order valence-electron chi connectivity index (χ4n) is 7.53. The van der Waals surface area contributed by atoms with E-state index in [0.29, 0.717) is 19.3 Å². The molecular formula is C53H97NO5. The molecule has 6 heteroatoms. The predicted octanol–water partition coefficient (Wildman–Crippen LogP) is 15.1. The van der Waals surface area contributed by atoms with Gasteiger partial charge in [-0.15, -0.1) is 0 Å². The summed E-state index contributed by atoms with van der Waals surface area (Å²) in [4.78, 5) is 26.0. The summed E-state index contributed by atoms with van der Waals surface area (Å²) < 4.78 is 5.90. The zero-order chi connectivity index (χ0) is 43.1. The summed E-state index contributed by atoms with van der Waals surface area (Å²) in [6, 6.07) is -0.705. The number of carbonyl (C=O) groups is 2. The second-order valence-electron chi connectivity index (χ2n) is 17.2. The Morgan fingerprint density at radius 2 is 0.864 bits per heavy atom. The number of amides is 1. The summed E-state index contributed by atoms with van der Waals surface area (Å²) in [5.41, 5.74) is 0. The van der Waals surface area contributed by atoms with Gasteiger partial charge in [0.05, 0.1) is 25.2 Å². The standard InChI is InChI=1S/C53H97NO5/c1-4-7-10-13-16-19-21-23-24-25-26-27-28-29-31-34-37-40-43-46-53(58)59-49(44-41-38-35-32-18-15-12-9-6-3)47-52(57)54-50(48-55)51(56)45-42-39-36-33-30-22-20-17-14-11-8-5-2/h16,19,23-24,26-27,29,31,49-51,55-56H,4-15,17-18,20-22,25,28,30,32-48H2,1-3H3,(H,54,57)/b19-16-,24-23-,27-26-,31-29-. The number of ether oxygens (including phenoxy) is 1. The van der Waals surface area contributed by atoms with Crippen LogP contribution in [-0.4, -0.2) is 46.9 Å². The van der Waals surface area contributed by atoms with E-state index in [0.717, 1.165) is 83.5 Å². The first-order chi connectivity index (χ1) is 29.0. The Balaban J connectivity index is 4.52. The summed E-state index contributed by atoms with van der Waals surface area (Å²) in [6.07, 6.45) is 56.0. The molecule has 0 bridgehead atoms. The van der Waals surface area contributed by atoms with E-state index >= 15 is 0 Å². The number of unbranched alkanes of at least 4 members (excludes halogenated alkanes) is 25. The Morgan fingerprint density at radius 3 is 1.32 bits per heavy atom. The van der Waals surface area contributed by atoms with Gasteiger partial charge in [0.1, 0.15) is 6.10 Å². The van der Waals surface area contributed by atoms with Gasteiger partial charge in [0, 0.05) is 6.42 Å². The molecule has 0 aliphatic heterocycles. The van der Waals surface area contributed by atoms with Gasteiger partial charge < -0.3 is 20.3 Å². The number of rotatable bonds is 45. The first kappa shape index (κ1) is 56.8. The van der Waals surface area contributed by atoms with Crippen molar-refractivity contribution in [3.8, 4) is 0 Å². The minimum Gasteiger partial charge on any atom is -0.462 e. The van der Waals surface area contributed by atoms with Gasteiger partial charge in [-0.3, -0.25) is 9.59 Å². The average Bonchev–Trinajstić information content (AvgIpc) is 3.23. The predicted molar refractivity (Wildman–Crippen MR) is 255 cm³/mol. The topological polar surface area (TPSA) is 95.9 Å². The average molecular weight is 828 g/mol. The number of nitrogens with one attached hydrogen (secondary N) is 1. The van der Waals surface area contributed by atoms with Crippen molar-refractivity contribution in [1.29, 1.82) is 0 Å². The lowest BCUT2D eigenvalue weighted by Crippen LogP contribution is -2.46. The van der Waals surface area contributed by atoms with Crippen molar-refractivity contribution in [3.63, 3.8) is 0 Å². The first-order valence-electron chi connectivity index (χ1n) is 25.4. The highest BCUT2D eigenvalue weighted by molar-refractivity contribution is 5.77. The maximum Gasteiger partial charge on any atom is 0.306 e. The SMILES string of the molecule is CCCCC/C=C\C/C=C\C/C=C\C/C=C\CCCCCC(=O)OC(CCCCCCCCCCC)CC(=O)NC(CO)C(O)CCCCCCCCCCCCCC. The third kappa shape index (κ3) is 42.3. The van der Waals surface area contributed by atoms with Crippen LogP contribution >= 0.6 is 0 Å². The van der Waals surface area contributed by atoms with Crippen LogP contribution in [0.2, 0.25) is 0 Å². The number of aliphatic hydroxyl groups excluding tert-OH is 2. The lowest BCUT2D eigenvalue weighted by atomic mass is 10.0. The van der Waals surface area contributed by atoms with Crippen molar-refractivity contribution < 1.29 is 24.5 Å². The fraction of sp³-hybridized carbons (Fsp3) is 0.811. The van der Waals surface area contributed by atoms with Crippen molar-refractivity contribution >= 4 is 11.9 Å². The van der Waals surface area contributed by atoms with Crippen molar-refractivity contribution in [2.75, 3.05) is 6.61 Å². The summed E-state index contributed by atoms with van der Waals surface area (Å²) in [5, 5.41) is 23.7. The van der Waals surface area contributed by atoms with Crippen LogP contribution in [0.15, 0.2) is 48.6 Å².